The highest BCUT2D eigenvalue weighted by atomic mass is 16.2. The van der Waals surface area contributed by atoms with Gasteiger partial charge in [-0.05, 0) is 32.1 Å². The molecule has 0 aromatic carbocycles. The van der Waals surface area contributed by atoms with Crippen molar-refractivity contribution < 1.29 is 4.79 Å². The number of amides is 1. The Morgan fingerprint density at radius 1 is 1.47 bits per heavy atom. The number of piperidine rings is 1. The van der Waals surface area contributed by atoms with Crippen LogP contribution in [0.5, 0.6) is 0 Å². The Morgan fingerprint density at radius 2 is 2.13 bits per heavy atom. The Labute approximate surface area is 93.0 Å². The zero-order chi connectivity index (χ0) is 11.4. The lowest BCUT2D eigenvalue weighted by molar-refractivity contribution is -0.139. The average Bonchev–Trinajstić information content (AvgIpc) is 2.23. The maximum absolute atomic E-state index is 12.2. The fraction of sp³-hybridized carbons (Fsp3) is 0.917. The normalized spacial score (nSPS) is 28.9. The van der Waals surface area contributed by atoms with E-state index in [9.17, 15) is 4.79 Å². The van der Waals surface area contributed by atoms with Gasteiger partial charge in [0.05, 0.1) is 5.92 Å². The largest absolute Gasteiger partial charge is 0.339 e. The van der Waals surface area contributed by atoms with Crippen LogP contribution in [0.25, 0.3) is 0 Å². The number of likely N-dealkylation sites (tertiary alicyclic amines) is 1. The van der Waals surface area contributed by atoms with Crippen LogP contribution in [-0.2, 0) is 4.79 Å². The molecule has 3 unspecified atom stereocenters. The van der Waals surface area contributed by atoms with Crippen LogP contribution in [0.3, 0.4) is 0 Å². The highest BCUT2D eigenvalue weighted by Gasteiger charge is 2.29. The Bertz CT molecular complexity index is 214. The molecule has 0 aliphatic carbocycles. The predicted octanol–water partition coefficient (Wildman–Crippen LogP) is 1.62. The molecule has 3 nitrogen and oxygen atoms in total. The molecule has 3 heteroatoms. The van der Waals surface area contributed by atoms with E-state index in [1.165, 1.54) is 6.42 Å². The van der Waals surface area contributed by atoms with Gasteiger partial charge in [-0.25, -0.2) is 0 Å². The third-order valence-electron chi connectivity index (χ3n) is 3.53. The molecule has 0 aromatic heterocycles. The van der Waals surface area contributed by atoms with Crippen LogP contribution in [0.1, 0.15) is 40.0 Å². The highest BCUT2D eigenvalue weighted by Crippen LogP contribution is 2.23. The molecule has 1 aliphatic rings. The lowest BCUT2D eigenvalue weighted by Crippen LogP contribution is -2.48. The molecule has 1 rings (SSSR count). The van der Waals surface area contributed by atoms with Crippen LogP contribution in [-0.4, -0.2) is 29.9 Å². The van der Waals surface area contributed by atoms with Crippen molar-refractivity contribution in [1.82, 2.24) is 4.90 Å². The van der Waals surface area contributed by atoms with E-state index in [-0.39, 0.29) is 11.8 Å². The van der Waals surface area contributed by atoms with Crippen molar-refractivity contribution >= 4 is 5.91 Å². The van der Waals surface area contributed by atoms with Gasteiger partial charge in [-0.15, -0.1) is 0 Å². The molecule has 0 aromatic rings. The van der Waals surface area contributed by atoms with Gasteiger partial charge in [0, 0.05) is 19.1 Å². The van der Waals surface area contributed by atoms with E-state index in [4.69, 9.17) is 5.73 Å². The third kappa shape index (κ3) is 2.94. The van der Waals surface area contributed by atoms with E-state index in [1.807, 2.05) is 11.8 Å². The Kier molecular flexibility index (Phi) is 4.58. The summed E-state index contributed by atoms with van der Waals surface area (Å²) in [5.41, 5.74) is 5.62. The quantitative estimate of drug-likeness (QED) is 0.772. The number of carbonyl (C=O) groups is 1. The minimum absolute atomic E-state index is 0.0257. The molecule has 0 bridgehead atoms. The van der Waals surface area contributed by atoms with Crippen molar-refractivity contribution in [1.29, 1.82) is 0 Å². The molecule has 88 valence electrons. The Morgan fingerprint density at radius 3 is 2.67 bits per heavy atom. The number of rotatable bonds is 3. The van der Waals surface area contributed by atoms with Gasteiger partial charge in [0.1, 0.15) is 0 Å². The predicted molar refractivity (Wildman–Crippen MR) is 62.4 cm³/mol. The summed E-state index contributed by atoms with van der Waals surface area (Å²) in [6, 6.07) is 0.397. The first-order chi connectivity index (χ1) is 7.10. The molecular weight excluding hydrogens is 188 g/mol. The number of nitrogens with two attached hydrogens (primary N) is 1. The van der Waals surface area contributed by atoms with Gasteiger partial charge < -0.3 is 10.6 Å². The first-order valence-electron chi connectivity index (χ1n) is 6.10. The van der Waals surface area contributed by atoms with Crippen molar-refractivity contribution in [3.05, 3.63) is 0 Å². The lowest BCUT2D eigenvalue weighted by atomic mass is 9.93. The third-order valence-corrected chi connectivity index (χ3v) is 3.53. The number of hydrogen-bond acceptors (Lipinski definition) is 2. The van der Waals surface area contributed by atoms with Crippen molar-refractivity contribution in [2.75, 3.05) is 13.1 Å². The van der Waals surface area contributed by atoms with E-state index >= 15 is 0 Å². The lowest BCUT2D eigenvalue weighted by Gasteiger charge is -2.38. The van der Waals surface area contributed by atoms with Gasteiger partial charge in [-0.3, -0.25) is 4.79 Å². The molecule has 3 atom stereocenters. The number of carbonyl (C=O) groups excluding carboxylic acids is 1. The van der Waals surface area contributed by atoms with Crippen molar-refractivity contribution in [3.63, 3.8) is 0 Å². The summed E-state index contributed by atoms with van der Waals surface area (Å²) in [5, 5.41) is 0. The monoisotopic (exact) mass is 212 g/mol. The van der Waals surface area contributed by atoms with E-state index in [0.29, 0.717) is 18.5 Å². The van der Waals surface area contributed by atoms with Crippen molar-refractivity contribution in [2.24, 2.45) is 17.6 Å². The van der Waals surface area contributed by atoms with Gasteiger partial charge in [0.2, 0.25) is 5.91 Å². The second-order valence-electron chi connectivity index (χ2n) is 4.86. The van der Waals surface area contributed by atoms with Crippen LogP contribution >= 0.6 is 0 Å². The summed E-state index contributed by atoms with van der Waals surface area (Å²) in [4.78, 5) is 14.2. The minimum atomic E-state index is 0.0257. The Hall–Kier alpha value is -0.570. The average molecular weight is 212 g/mol. The van der Waals surface area contributed by atoms with Crippen LogP contribution in [0.2, 0.25) is 0 Å². The maximum atomic E-state index is 12.2. The molecule has 1 fully saturated rings. The van der Waals surface area contributed by atoms with Gasteiger partial charge >= 0.3 is 0 Å². The maximum Gasteiger partial charge on any atom is 0.227 e. The van der Waals surface area contributed by atoms with Gasteiger partial charge in [0.25, 0.3) is 0 Å². The zero-order valence-corrected chi connectivity index (χ0v) is 10.2. The summed E-state index contributed by atoms with van der Waals surface area (Å²) in [7, 11) is 0. The molecule has 1 aliphatic heterocycles. The zero-order valence-electron chi connectivity index (χ0n) is 10.2. The van der Waals surface area contributed by atoms with Crippen molar-refractivity contribution in [3.8, 4) is 0 Å². The fourth-order valence-corrected chi connectivity index (χ4v) is 2.27. The molecule has 0 spiro atoms. The van der Waals surface area contributed by atoms with E-state index in [1.54, 1.807) is 0 Å². The molecule has 0 radical (unpaired) electrons. The molecule has 1 amide bonds. The molecule has 1 heterocycles. The van der Waals surface area contributed by atoms with Gasteiger partial charge in [-0.1, -0.05) is 13.8 Å². The van der Waals surface area contributed by atoms with E-state index in [0.717, 1.165) is 19.4 Å². The van der Waals surface area contributed by atoms with Gasteiger partial charge in [0.15, 0.2) is 0 Å². The van der Waals surface area contributed by atoms with E-state index in [2.05, 4.69) is 13.8 Å². The van der Waals surface area contributed by atoms with Crippen LogP contribution in [0.4, 0.5) is 0 Å². The fourth-order valence-electron chi connectivity index (χ4n) is 2.27. The summed E-state index contributed by atoms with van der Waals surface area (Å²) < 4.78 is 0. The van der Waals surface area contributed by atoms with Crippen molar-refractivity contribution in [2.45, 2.75) is 46.1 Å². The number of hydrogen-bond donors (Lipinski definition) is 1. The summed E-state index contributed by atoms with van der Waals surface area (Å²) >= 11 is 0. The Balaban J connectivity index is 2.63. The smallest absolute Gasteiger partial charge is 0.227 e. The molecule has 1 saturated heterocycles. The van der Waals surface area contributed by atoms with Crippen LogP contribution in [0, 0.1) is 11.8 Å². The highest BCUT2D eigenvalue weighted by molar-refractivity contribution is 5.79. The summed E-state index contributed by atoms with van der Waals surface area (Å²) in [5.74, 6) is 0.928. The number of nitrogens with zero attached hydrogens (tertiary/aromatic N) is 1. The van der Waals surface area contributed by atoms with Crippen LogP contribution < -0.4 is 5.73 Å². The molecule has 15 heavy (non-hydrogen) atoms. The SMILES string of the molecule is CCC(CN)C(=O)N1CC(C)CCC1C. The summed E-state index contributed by atoms with van der Waals surface area (Å²) in [6.45, 7) is 7.79. The summed E-state index contributed by atoms with van der Waals surface area (Å²) in [6.07, 6.45) is 3.23. The molecule has 2 N–H and O–H groups in total. The van der Waals surface area contributed by atoms with Gasteiger partial charge in [-0.2, -0.15) is 0 Å². The molecular formula is C12H24N2O. The minimum Gasteiger partial charge on any atom is -0.339 e. The van der Waals surface area contributed by atoms with Crippen LogP contribution in [0.15, 0.2) is 0 Å². The topological polar surface area (TPSA) is 46.3 Å². The van der Waals surface area contributed by atoms with E-state index < -0.39 is 0 Å². The second kappa shape index (κ2) is 5.50. The standard InChI is InChI=1S/C12H24N2O/c1-4-11(7-13)12(15)14-8-9(2)5-6-10(14)3/h9-11H,4-8,13H2,1-3H3. The first kappa shape index (κ1) is 12.5. The second-order valence-corrected chi connectivity index (χ2v) is 4.86. The first-order valence-corrected chi connectivity index (χ1v) is 6.10. The molecule has 0 saturated carbocycles.